The van der Waals surface area contributed by atoms with Gasteiger partial charge in [0.2, 0.25) is 0 Å². The van der Waals surface area contributed by atoms with Crippen LogP contribution in [0.1, 0.15) is 0 Å². The highest BCUT2D eigenvalue weighted by molar-refractivity contribution is 5.59. The minimum absolute atomic E-state index is 0.306. The molecule has 0 aliphatic heterocycles. The molecule has 2 rings (SSSR count). The Labute approximate surface area is 99.1 Å². The zero-order valence-electron chi connectivity index (χ0n) is 8.70. The number of ether oxygens (including phenoxy) is 1. The molecular formula is C11H5F4N2O. The van der Waals surface area contributed by atoms with Gasteiger partial charge in [-0.1, -0.05) is 0 Å². The number of halogens is 4. The molecular weight excluding hydrogens is 252 g/mol. The summed E-state index contributed by atoms with van der Waals surface area (Å²) in [5, 5.41) is 0. The summed E-state index contributed by atoms with van der Waals surface area (Å²) in [5.74, 6) is -2.01. The molecule has 0 aliphatic rings. The first-order valence-corrected chi connectivity index (χ1v) is 4.69. The predicted octanol–water partition coefficient (Wildman–Crippen LogP) is 2.98. The largest absolute Gasteiger partial charge is 0.573 e. The molecule has 0 saturated carbocycles. The minimum Gasteiger partial charge on any atom is -0.403 e. The normalized spacial score (nSPS) is 11.3. The van der Waals surface area contributed by atoms with Crippen LogP contribution < -0.4 is 4.74 Å². The molecule has 1 aromatic heterocycles. The van der Waals surface area contributed by atoms with Crippen LogP contribution in [0.4, 0.5) is 17.6 Å². The molecule has 7 heteroatoms. The monoisotopic (exact) mass is 257 g/mol. The maximum atomic E-state index is 13.4. The standard InChI is InChI=1S/C11H5F4N2O/c12-8-5-7(9-3-4-16-6-17-9)1-2-10(8)18-11(13,14)15/h1-3,5-6H. The molecule has 93 valence electrons. The van der Waals surface area contributed by atoms with E-state index in [1.807, 2.05) is 0 Å². The molecule has 3 nitrogen and oxygen atoms in total. The summed E-state index contributed by atoms with van der Waals surface area (Å²) in [5.41, 5.74) is 0.656. The summed E-state index contributed by atoms with van der Waals surface area (Å²) in [4.78, 5) is 7.38. The lowest BCUT2D eigenvalue weighted by molar-refractivity contribution is -0.275. The number of benzene rings is 1. The summed E-state index contributed by atoms with van der Waals surface area (Å²) in [6, 6.07) is 4.44. The van der Waals surface area contributed by atoms with Crippen LogP contribution in [0.2, 0.25) is 0 Å². The Kier molecular flexibility index (Phi) is 3.14. The van der Waals surface area contributed by atoms with Crippen LogP contribution in [-0.4, -0.2) is 16.3 Å². The van der Waals surface area contributed by atoms with Crippen molar-refractivity contribution in [1.29, 1.82) is 0 Å². The fourth-order valence-corrected chi connectivity index (χ4v) is 1.29. The lowest BCUT2D eigenvalue weighted by Crippen LogP contribution is -2.17. The molecule has 0 atom stereocenters. The first-order chi connectivity index (χ1) is 8.46. The van der Waals surface area contributed by atoms with Gasteiger partial charge in [-0.2, -0.15) is 0 Å². The molecule has 1 heterocycles. The molecule has 0 N–H and O–H groups in total. The highest BCUT2D eigenvalue weighted by Gasteiger charge is 2.32. The van der Waals surface area contributed by atoms with E-state index in [0.29, 0.717) is 11.3 Å². The highest BCUT2D eigenvalue weighted by Crippen LogP contribution is 2.28. The van der Waals surface area contributed by atoms with Crippen LogP contribution in [0.5, 0.6) is 5.75 Å². The van der Waals surface area contributed by atoms with Gasteiger partial charge in [0.15, 0.2) is 11.6 Å². The molecule has 0 aliphatic carbocycles. The molecule has 0 fully saturated rings. The van der Waals surface area contributed by atoms with Gasteiger partial charge in [0, 0.05) is 5.56 Å². The van der Waals surface area contributed by atoms with E-state index in [1.54, 1.807) is 0 Å². The van der Waals surface area contributed by atoms with Gasteiger partial charge in [-0.15, -0.1) is 13.2 Å². The Morgan fingerprint density at radius 2 is 2.00 bits per heavy atom. The van der Waals surface area contributed by atoms with E-state index >= 15 is 0 Å². The Balaban J connectivity index is 2.31. The average Bonchev–Trinajstić information content (AvgIpc) is 2.31. The molecule has 18 heavy (non-hydrogen) atoms. The van der Waals surface area contributed by atoms with E-state index in [0.717, 1.165) is 12.1 Å². The SMILES string of the molecule is Fc1cc(-c2c[c]ncn2)ccc1OC(F)(F)F. The second-order valence-corrected chi connectivity index (χ2v) is 3.23. The maximum Gasteiger partial charge on any atom is 0.573 e. The second-order valence-electron chi connectivity index (χ2n) is 3.23. The third-order valence-corrected chi connectivity index (χ3v) is 1.98. The van der Waals surface area contributed by atoms with Gasteiger partial charge in [-0.3, -0.25) is 0 Å². The molecule has 0 spiro atoms. The first kappa shape index (κ1) is 12.3. The zero-order valence-corrected chi connectivity index (χ0v) is 8.70. The van der Waals surface area contributed by atoms with Crippen molar-refractivity contribution in [2.45, 2.75) is 6.36 Å². The van der Waals surface area contributed by atoms with Gasteiger partial charge in [0.05, 0.1) is 11.9 Å². The summed E-state index contributed by atoms with van der Waals surface area (Å²) in [6.45, 7) is 0. The minimum atomic E-state index is -4.93. The van der Waals surface area contributed by atoms with Gasteiger partial charge < -0.3 is 4.74 Å². The Bertz CT molecular complexity index is 542. The summed E-state index contributed by atoms with van der Waals surface area (Å²) < 4.78 is 52.7. The number of hydrogen-bond acceptors (Lipinski definition) is 3. The third-order valence-electron chi connectivity index (χ3n) is 1.98. The fraction of sp³-hybridized carbons (Fsp3) is 0.0909. The Morgan fingerprint density at radius 3 is 2.56 bits per heavy atom. The number of hydrogen-bond donors (Lipinski definition) is 0. The number of rotatable bonds is 2. The van der Waals surface area contributed by atoms with Crippen molar-refractivity contribution in [2.75, 3.05) is 0 Å². The number of nitrogens with zero attached hydrogens (tertiary/aromatic N) is 2. The highest BCUT2D eigenvalue weighted by atomic mass is 19.4. The van der Waals surface area contributed by atoms with Crippen LogP contribution >= 0.6 is 0 Å². The lowest BCUT2D eigenvalue weighted by Gasteiger charge is -2.10. The van der Waals surface area contributed by atoms with Crippen molar-refractivity contribution in [3.8, 4) is 17.0 Å². The van der Waals surface area contributed by atoms with E-state index in [9.17, 15) is 17.6 Å². The molecule has 0 amide bonds. The smallest absolute Gasteiger partial charge is 0.403 e. The van der Waals surface area contributed by atoms with Crippen LogP contribution in [0.15, 0.2) is 30.6 Å². The van der Waals surface area contributed by atoms with E-state index < -0.39 is 17.9 Å². The van der Waals surface area contributed by atoms with E-state index in [1.165, 1.54) is 18.5 Å². The van der Waals surface area contributed by atoms with Gasteiger partial charge in [-0.05, 0) is 24.3 Å². The Hall–Kier alpha value is -2.18. The quantitative estimate of drug-likeness (QED) is 0.776. The van der Waals surface area contributed by atoms with Crippen molar-refractivity contribution in [1.82, 2.24) is 9.97 Å². The van der Waals surface area contributed by atoms with Crippen LogP contribution in [0, 0.1) is 12.0 Å². The second kappa shape index (κ2) is 4.59. The molecule has 0 saturated heterocycles. The van der Waals surface area contributed by atoms with Crippen molar-refractivity contribution in [3.05, 3.63) is 42.6 Å². The fourth-order valence-electron chi connectivity index (χ4n) is 1.29. The van der Waals surface area contributed by atoms with Crippen molar-refractivity contribution >= 4 is 0 Å². The topological polar surface area (TPSA) is 35.0 Å². The molecule has 1 radical (unpaired) electrons. The van der Waals surface area contributed by atoms with Gasteiger partial charge in [0.25, 0.3) is 0 Å². The Morgan fingerprint density at radius 1 is 1.22 bits per heavy atom. The summed E-state index contributed by atoms with van der Waals surface area (Å²) >= 11 is 0. The molecule has 1 aromatic carbocycles. The predicted molar refractivity (Wildman–Crippen MR) is 52.9 cm³/mol. The average molecular weight is 257 g/mol. The summed E-state index contributed by atoms with van der Waals surface area (Å²) in [7, 11) is 0. The van der Waals surface area contributed by atoms with Crippen molar-refractivity contribution in [3.63, 3.8) is 0 Å². The van der Waals surface area contributed by atoms with Crippen LogP contribution in [-0.2, 0) is 0 Å². The first-order valence-electron chi connectivity index (χ1n) is 4.69. The lowest BCUT2D eigenvalue weighted by atomic mass is 10.1. The van der Waals surface area contributed by atoms with Gasteiger partial charge in [0.1, 0.15) is 6.33 Å². The van der Waals surface area contributed by atoms with Gasteiger partial charge in [-0.25, -0.2) is 14.4 Å². The van der Waals surface area contributed by atoms with E-state index in [4.69, 9.17) is 0 Å². The maximum absolute atomic E-state index is 13.4. The number of aromatic nitrogens is 2. The third kappa shape index (κ3) is 2.93. The zero-order chi connectivity index (χ0) is 13.2. The van der Waals surface area contributed by atoms with Crippen molar-refractivity contribution in [2.24, 2.45) is 0 Å². The van der Waals surface area contributed by atoms with Crippen molar-refractivity contribution < 1.29 is 22.3 Å². The van der Waals surface area contributed by atoms with Crippen LogP contribution in [0.3, 0.4) is 0 Å². The van der Waals surface area contributed by atoms with Gasteiger partial charge >= 0.3 is 6.36 Å². The number of alkyl halides is 3. The van der Waals surface area contributed by atoms with E-state index in [-0.39, 0.29) is 0 Å². The molecule has 0 bridgehead atoms. The molecule has 2 aromatic rings. The van der Waals surface area contributed by atoms with E-state index in [2.05, 4.69) is 20.9 Å². The van der Waals surface area contributed by atoms with Crippen LogP contribution in [0.25, 0.3) is 11.3 Å². The molecule has 0 unspecified atom stereocenters. The summed E-state index contributed by atoms with van der Waals surface area (Å²) in [6.07, 6.45) is -1.24.